The van der Waals surface area contributed by atoms with E-state index in [-0.39, 0.29) is 10.5 Å². The molecule has 2 aromatic carbocycles. The number of hydrazone groups is 1. The number of carbonyl (C=O) groups is 1. The Kier molecular flexibility index (Phi) is 4.63. The largest absolute Gasteiger partial charge is 0.505 e. The molecule has 0 radical (unpaired) electrons. The summed E-state index contributed by atoms with van der Waals surface area (Å²) in [6.07, 6.45) is 1.38. The fraction of sp³-hybridized carbons (Fsp3) is 0.0588. The summed E-state index contributed by atoms with van der Waals surface area (Å²) in [7, 11) is -2.40. The topological polar surface area (TPSA) is 117 Å². The Morgan fingerprint density at radius 1 is 1.19 bits per heavy atom. The van der Waals surface area contributed by atoms with E-state index < -0.39 is 27.4 Å². The van der Waals surface area contributed by atoms with Crippen molar-refractivity contribution in [3.05, 3.63) is 65.4 Å². The summed E-state index contributed by atoms with van der Waals surface area (Å²) in [5.74, 6) is -0.672. The molecule has 9 heteroatoms. The third kappa shape index (κ3) is 3.38. The van der Waals surface area contributed by atoms with Gasteiger partial charge in [-0.3, -0.25) is 9.52 Å². The summed E-state index contributed by atoms with van der Waals surface area (Å²) in [5, 5.41) is 14.0. The molecule has 8 nitrogen and oxygen atoms in total. The van der Waals surface area contributed by atoms with Crippen molar-refractivity contribution in [2.24, 2.45) is 5.10 Å². The smallest absolute Gasteiger partial charge is 0.292 e. The number of hydrogen-bond acceptors (Lipinski definition) is 6. The first-order valence-electron chi connectivity index (χ1n) is 7.45. The first-order chi connectivity index (χ1) is 12.4. The highest BCUT2D eigenvalue weighted by Gasteiger charge is 2.32. The Bertz CT molecular complexity index is 1010. The molecule has 0 bridgehead atoms. The average Bonchev–Trinajstić information content (AvgIpc) is 2.65. The number of ether oxygens (including phenoxy) is 1. The van der Waals surface area contributed by atoms with Crippen molar-refractivity contribution >= 4 is 27.9 Å². The molecule has 134 valence electrons. The molecule has 1 heterocycles. The van der Waals surface area contributed by atoms with Gasteiger partial charge in [-0.15, -0.1) is 0 Å². The van der Waals surface area contributed by atoms with E-state index in [0.29, 0.717) is 11.3 Å². The van der Waals surface area contributed by atoms with E-state index >= 15 is 0 Å². The SMILES string of the molecule is COc1ccc(/C=N/NC(=O)C2=C(O)c3ccccc3S(=O)(=O)N2)cc1. The van der Waals surface area contributed by atoms with Crippen LogP contribution in [-0.2, 0) is 14.8 Å². The van der Waals surface area contributed by atoms with Crippen molar-refractivity contribution in [2.45, 2.75) is 4.90 Å². The van der Waals surface area contributed by atoms with E-state index in [2.05, 4.69) is 15.2 Å². The third-order valence-corrected chi connectivity index (χ3v) is 5.04. The first kappa shape index (κ1) is 17.5. The fourth-order valence-corrected chi connectivity index (χ4v) is 3.61. The Morgan fingerprint density at radius 3 is 2.58 bits per heavy atom. The van der Waals surface area contributed by atoms with Gasteiger partial charge in [-0.25, -0.2) is 13.8 Å². The van der Waals surface area contributed by atoms with Gasteiger partial charge >= 0.3 is 0 Å². The minimum absolute atomic E-state index is 0.0514. The number of carbonyl (C=O) groups excluding carboxylic acids is 1. The van der Waals surface area contributed by atoms with Crippen LogP contribution in [0, 0.1) is 0 Å². The minimum atomic E-state index is -3.95. The van der Waals surface area contributed by atoms with Gasteiger partial charge in [0, 0.05) is 5.56 Å². The predicted molar refractivity (Wildman–Crippen MR) is 95.0 cm³/mol. The predicted octanol–water partition coefficient (Wildman–Crippen LogP) is 1.36. The number of aliphatic hydroxyl groups excluding tert-OH is 1. The highest BCUT2D eigenvalue weighted by Crippen LogP contribution is 2.28. The molecule has 1 aliphatic heterocycles. The van der Waals surface area contributed by atoms with Crippen LogP contribution >= 0.6 is 0 Å². The molecule has 3 N–H and O–H groups in total. The Morgan fingerprint density at radius 2 is 1.88 bits per heavy atom. The van der Waals surface area contributed by atoms with Gasteiger partial charge in [-0.05, 0) is 42.0 Å². The molecule has 0 fully saturated rings. The van der Waals surface area contributed by atoms with Crippen molar-refractivity contribution in [3.63, 3.8) is 0 Å². The molecule has 0 atom stereocenters. The molecule has 0 unspecified atom stereocenters. The van der Waals surface area contributed by atoms with Crippen molar-refractivity contribution in [3.8, 4) is 5.75 Å². The number of rotatable bonds is 4. The van der Waals surface area contributed by atoms with Crippen LogP contribution < -0.4 is 14.9 Å². The molecule has 1 aliphatic rings. The van der Waals surface area contributed by atoms with Gasteiger partial charge < -0.3 is 9.84 Å². The van der Waals surface area contributed by atoms with Crippen molar-refractivity contribution in [1.82, 2.24) is 10.1 Å². The van der Waals surface area contributed by atoms with E-state index in [4.69, 9.17) is 4.74 Å². The zero-order valence-corrected chi connectivity index (χ0v) is 14.4. The molecule has 3 rings (SSSR count). The van der Waals surface area contributed by atoms with Crippen LogP contribution in [0.5, 0.6) is 5.75 Å². The second-order valence-electron chi connectivity index (χ2n) is 5.30. The molecule has 0 aliphatic carbocycles. The van der Waals surface area contributed by atoms with Crippen LogP contribution in [0.25, 0.3) is 5.76 Å². The van der Waals surface area contributed by atoms with E-state index in [0.717, 1.165) is 0 Å². The number of methoxy groups -OCH3 is 1. The van der Waals surface area contributed by atoms with Crippen LogP contribution in [0.2, 0.25) is 0 Å². The zero-order chi connectivity index (χ0) is 18.7. The van der Waals surface area contributed by atoms with Crippen LogP contribution in [0.1, 0.15) is 11.1 Å². The van der Waals surface area contributed by atoms with Crippen LogP contribution in [0.15, 0.2) is 64.2 Å². The molecular formula is C17H15N3O5S. The monoisotopic (exact) mass is 373 g/mol. The van der Waals surface area contributed by atoms with Gasteiger partial charge in [0.25, 0.3) is 15.9 Å². The molecule has 0 saturated heterocycles. The van der Waals surface area contributed by atoms with Crippen molar-refractivity contribution in [1.29, 1.82) is 0 Å². The van der Waals surface area contributed by atoms with Gasteiger partial charge in [0.05, 0.1) is 18.2 Å². The highest BCUT2D eigenvalue weighted by atomic mass is 32.2. The molecular weight excluding hydrogens is 358 g/mol. The summed E-state index contributed by atoms with van der Waals surface area (Å²) in [5.41, 5.74) is 2.44. The maximum atomic E-state index is 12.2. The van der Waals surface area contributed by atoms with Crippen LogP contribution in [0.4, 0.5) is 0 Å². The number of hydrogen-bond donors (Lipinski definition) is 3. The minimum Gasteiger partial charge on any atom is -0.505 e. The van der Waals surface area contributed by atoms with E-state index in [1.54, 1.807) is 37.4 Å². The molecule has 2 aromatic rings. The summed E-state index contributed by atoms with van der Waals surface area (Å²) in [6, 6.07) is 12.7. The van der Waals surface area contributed by atoms with Crippen molar-refractivity contribution in [2.75, 3.05) is 7.11 Å². The molecule has 0 aromatic heterocycles. The van der Waals surface area contributed by atoms with E-state index in [9.17, 15) is 18.3 Å². The number of aliphatic hydroxyl groups is 1. The van der Waals surface area contributed by atoms with Crippen molar-refractivity contribution < 1.29 is 23.1 Å². The van der Waals surface area contributed by atoms with Gasteiger partial charge in [0.1, 0.15) is 5.75 Å². The molecule has 0 spiro atoms. The molecule has 1 amide bonds. The van der Waals surface area contributed by atoms with Gasteiger partial charge in [0.15, 0.2) is 11.5 Å². The number of nitrogens with zero attached hydrogens (tertiary/aromatic N) is 1. The Hall–Kier alpha value is -3.33. The first-order valence-corrected chi connectivity index (χ1v) is 8.93. The number of amides is 1. The van der Waals surface area contributed by atoms with E-state index in [1.165, 1.54) is 24.4 Å². The molecule has 0 saturated carbocycles. The average molecular weight is 373 g/mol. The summed E-state index contributed by atoms with van der Waals surface area (Å²) >= 11 is 0. The number of benzene rings is 2. The second-order valence-corrected chi connectivity index (χ2v) is 6.95. The lowest BCUT2D eigenvalue weighted by Crippen LogP contribution is -2.37. The maximum absolute atomic E-state index is 12.2. The van der Waals surface area contributed by atoms with E-state index in [1.807, 2.05) is 0 Å². The number of fused-ring (bicyclic) bond motifs is 1. The quantitative estimate of drug-likeness (QED) is 0.553. The molecule has 26 heavy (non-hydrogen) atoms. The van der Waals surface area contributed by atoms with Gasteiger partial charge in [0.2, 0.25) is 0 Å². The lowest BCUT2D eigenvalue weighted by molar-refractivity contribution is -0.117. The number of sulfonamides is 1. The second kappa shape index (κ2) is 6.89. The zero-order valence-electron chi connectivity index (χ0n) is 13.6. The highest BCUT2D eigenvalue weighted by molar-refractivity contribution is 7.89. The lowest BCUT2D eigenvalue weighted by atomic mass is 10.1. The Labute approximate surface area is 149 Å². The normalized spacial score (nSPS) is 15.3. The third-order valence-electron chi connectivity index (χ3n) is 3.63. The lowest BCUT2D eigenvalue weighted by Gasteiger charge is -2.20. The fourth-order valence-electron chi connectivity index (χ4n) is 2.33. The Balaban J connectivity index is 1.80. The summed E-state index contributed by atoms with van der Waals surface area (Å²) < 4.78 is 31.5. The van der Waals surface area contributed by atoms with Gasteiger partial charge in [-0.2, -0.15) is 5.10 Å². The maximum Gasteiger partial charge on any atom is 0.292 e. The van der Waals surface area contributed by atoms with Crippen LogP contribution in [-0.4, -0.2) is 32.8 Å². The summed E-state index contributed by atoms with van der Waals surface area (Å²) in [4.78, 5) is 12.1. The summed E-state index contributed by atoms with van der Waals surface area (Å²) in [6.45, 7) is 0. The standard InChI is InChI=1S/C17H15N3O5S/c1-25-12-8-6-11(7-9-12)10-18-19-17(22)15-16(21)13-4-2-3-5-14(13)26(23,24)20-15/h2-10,20-21H,1H3,(H,19,22)/b18-10+. The van der Waals surface area contributed by atoms with Gasteiger partial charge in [-0.1, -0.05) is 12.1 Å². The van der Waals surface area contributed by atoms with Crippen LogP contribution in [0.3, 0.4) is 0 Å². The number of nitrogens with one attached hydrogen (secondary N) is 2.